The predicted octanol–water partition coefficient (Wildman–Crippen LogP) is 4.67. The number of pyridine rings is 1. The molecule has 0 unspecified atom stereocenters. The molecule has 1 aromatic heterocycles. The third-order valence-electron chi connectivity index (χ3n) is 7.61. The number of nitrogens with zero attached hydrogens (tertiary/aromatic N) is 4. The number of rotatable bonds is 5. The molecule has 5 rings (SSSR count). The number of aromatic nitrogens is 1. The third-order valence-corrected chi connectivity index (χ3v) is 8.29. The van der Waals surface area contributed by atoms with Gasteiger partial charge in [0.15, 0.2) is 5.11 Å². The van der Waals surface area contributed by atoms with Crippen LogP contribution in [0.1, 0.15) is 49.7 Å². The molecule has 6 nitrogen and oxygen atoms in total. The van der Waals surface area contributed by atoms with E-state index in [1.165, 1.54) is 11.1 Å². The summed E-state index contributed by atoms with van der Waals surface area (Å²) in [7, 11) is 2.13. The van der Waals surface area contributed by atoms with Crippen LogP contribution in [0.5, 0.6) is 0 Å². The van der Waals surface area contributed by atoms with Crippen LogP contribution in [0.25, 0.3) is 5.57 Å². The number of fused-ring (bicyclic) bond motifs is 1. The normalized spacial score (nSPS) is 24.3. The van der Waals surface area contributed by atoms with Crippen molar-refractivity contribution in [3.63, 3.8) is 0 Å². The van der Waals surface area contributed by atoms with Crippen molar-refractivity contribution in [2.24, 2.45) is 0 Å². The van der Waals surface area contributed by atoms with Crippen molar-refractivity contribution in [3.8, 4) is 0 Å². The van der Waals surface area contributed by atoms with Crippen LogP contribution in [0.2, 0.25) is 5.02 Å². The maximum atomic E-state index is 7.07. The summed E-state index contributed by atoms with van der Waals surface area (Å²) in [4.78, 5) is 11.7. The summed E-state index contributed by atoms with van der Waals surface area (Å²) >= 11 is 12.9. The lowest BCUT2D eigenvalue weighted by molar-refractivity contribution is 0.0350. The number of benzene rings is 1. The summed E-state index contributed by atoms with van der Waals surface area (Å²) in [5.41, 5.74) is 5.62. The van der Waals surface area contributed by atoms with E-state index in [1.54, 1.807) is 0 Å². The second kappa shape index (κ2) is 9.69. The lowest BCUT2D eigenvalue weighted by Gasteiger charge is -2.41. The van der Waals surface area contributed by atoms with E-state index in [2.05, 4.69) is 77.1 Å². The predicted molar refractivity (Wildman–Crippen MR) is 147 cm³/mol. The SMILES string of the molecule is CC1=CC(C)(C)N(C)c2cc(Cl)c([C@H]3[C@H](c4ccccn4)NC(=S)N3CCN3CCOCC3)cc21. The van der Waals surface area contributed by atoms with Gasteiger partial charge in [-0.15, -0.1) is 0 Å². The molecule has 2 aromatic rings. The van der Waals surface area contributed by atoms with Gasteiger partial charge in [0.25, 0.3) is 0 Å². The first-order valence-corrected chi connectivity index (χ1v) is 13.1. The Hall–Kier alpha value is -2.19. The molecular weight excluding hydrogens is 478 g/mol. The van der Waals surface area contributed by atoms with Crippen LogP contribution in [-0.2, 0) is 4.74 Å². The van der Waals surface area contributed by atoms with E-state index in [-0.39, 0.29) is 17.6 Å². The standard InChI is InChI=1S/C27H34ClN5OS/c1-18-17-27(2,3)31(4)23-16-21(28)20(15-19(18)23)25-24(22-7-5-6-8-29-22)30-26(35)33(25)10-9-32-11-13-34-14-12-32/h5-8,15-17,24-25H,9-14H2,1-4H3,(H,30,35)/t24-,25-/m0/s1. The van der Waals surface area contributed by atoms with Gasteiger partial charge in [-0.2, -0.15) is 0 Å². The largest absolute Gasteiger partial charge is 0.379 e. The van der Waals surface area contributed by atoms with Crippen LogP contribution in [0, 0.1) is 0 Å². The van der Waals surface area contributed by atoms with Gasteiger partial charge in [-0.05, 0) is 68.4 Å². The number of allylic oxidation sites excluding steroid dienone is 1. The molecule has 186 valence electrons. The van der Waals surface area contributed by atoms with Crippen LogP contribution in [-0.4, -0.2) is 71.9 Å². The zero-order valence-corrected chi connectivity index (χ0v) is 22.5. The number of ether oxygens (including phenoxy) is 1. The first kappa shape index (κ1) is 24.5. The molecule has 2 saturated heterocycles. The van der Waals surface area contributed by atoms with Crippen molar-refractivity contribution in [3.05, 3.63) is 64.4 Å². The molecule has 0 spiro atoms. The maximum Gasteiger partial charge on any atom is 0.170 e. The second-order valence-electron chi connectivity index (χ2n) is 10.2. The molecule has 1 N–H and O–H groups in total. The maximum absolute atomic E-state index is 7.07. The highest BCUT2D eigenvalue weighted by atomic mass is 35.5. The summed E-state index contributed by atoms with van der Waals surface area (Å²) in [6.45, 7) is 11.9. The Bertz CT molecular complexity index is 1130. The van der Waals surface area contributed by atoms with Gasteiger partial charge in [-0.1, -0.05) is 23.7 Å². The third kappa shape index (κ3) is 4.67. The van der Waals surface area contributed by atoms with Crippen molar-refractivity contribution in [2.75, 3.05) is 51.3 Å². The number of hydrogen-bond acceptors (Lipinski definition) is 5. The number of likely N-dealkylation sites (N-methyl/N-ethyl adjacent to an activating group) is 1. The Morgan fingerprint density at radius 1 is 1.20 bits per heavy atom. The number of hydrogen-bond donors (Lipinski definition) is 1. The molecule has 0 amide bonds. The van der Waals surface area contributed by atoms with Gasteiger partial charge in [0.05, 0.1) is 36.5 Å². The molecule has 3 aliphatic rings. The Morgan fingerprint density at radius 3 is 2.69 bits per heavy atom. The first-order valence-electron chi connectivity index (χ1n) is 12.3. The second-order valence-corrected chi connectivity index (χ2v) is 11.0. The van der Waals surface area contributed by atoms with E-state index in [9.17, 15) is 0 Å². The molecule has 4 heterocycles. The van der Waals surface area contributed by atoms with Crippen LogP contribution in [0.15, 0.2) is 42.6 Å². The van der Waals surface area contributed by atoms with Crippen molar-refractivity contribution in [1.29, 1.82) is 0 Å². The quantitative estimate of drug-likeness (QED) is 0.585. The van der Waals surface area contributed by atoms with Gasteiger partial charge in [0.2, 0.25) is 0 Å². The minimum atomic E-state index is -0.0778. The zero-order valence-electron chi connectivity index (χ0n) is 20.9. The first-order chi connectivity index (χ1) is 16.8. The minimum absolute atomic E-state index is 0.0516. The fraction of sp³-hybridized carbons (Fsp3) is 0.481. The number of morpholine rings is 1. The summed E-state index contributed by atoms with van der Waals surface area (Å²) in [5, 5.41) is 5.07. The van der Waals surface area contributed by atoms with E-state index in [4.69, 9.17) is 28.6 Å². The van der Waals surface area contributed by atoms with Crippen LogP contribution in [0.3, 0.4) is 0 Å². The number of anilines is 1. The Kier molecular flexibility index (Phi) is 6.79. The molecule has 3 aliphatic heterocycles. The van der Waals surface area contributed by atoms with E-state index < -0.39 is 0 Å². The van der Waals surface area contributed by atoms with Gasteiger partial charge in [-0.3, -0.25) is 9.88 Å². The summed E-state index contributed by atoms with van der Waals surface area (Å²) in [5.74, 6) is 0. The van der Waals surface area contributed by atoms with Crippen LogP contribution >= 0.6 is 23.8 Å². The van der Waals surface area contributed by atoms with Crippen LogP contribution < -0.4 is 10.2 Å². The molecule has 1 aromatic carbocycles. The van der Waals surface area contributed by atoms with Crippen molar-refractivity contribution >= 4 is 40.2 Å². The molecular formula is C27H34ClN5OS. The summed E-state index contributed by atoms with van der Waals surface area (Å²) in [6.07, 6.45) is 4.17. The highest BCUT2D eigenvalue weighted by Crippen LogP contribution is 2.46. The van der Waals surface area contributed by atoms with E-state index in [0.29, 0.717) is 0 Å². The fourth-order valence-corrected chi connectivity index (χ4v) is 6.07. The summed E-state index contributed by atoms with van der Waals surface area (Å²) in [6, 6.07) is 10.3. The monoisotopic (exact) mass is 511 g/mol. The average molecular weight is 512 g/mol. The Morgan fingerprint density at radius 2 is 1.97 bits per heavy atom. The number of halogens is 1. The molecule has 0 saturated carbocycles. The van der Waals surface area contributed by atoms with Gasteiger partial charge in [-0.25, -0.2) is 0 Å². The van der Waals surface area contributed by atoms with Crippen LogP contribution in [0.4, 0.5) is 5.69 Å². The number of thiocarbonyl (C=S) groups is 1. The van der Waals surface area contributed by atoms with Crippen molar-refractivity contribution < 1.29 is 4.74 Å². The Labute approximate surface area is 218 Å². The van der Waals surface area contributed by atoms with Crippen molar-refractivity contribution in [1.82, 2.24) is 20.1 Å². The molecule has 2 fully saturated rings. The smallest absolute Gasteiger partial charge is 0.170 e. The molecule has 0 radical (unpaired) electrons. The zero-order chi connectivity index (χ0) is 24.7. The van der Waals surface area contributed by atoms with Crippen molar-refractivity contribution in [2.45, 2.75) is 38.4 Å². The minimum Gasteiger partial charge on any atom is -0.379 e. The van der Waals surface area contributed by atoms with E-state index in [1.807, 2.05) is 18.3 Å². The van der Waals surface area contributed by atoms with Gasteiger partial charge < -0.3 is 19.9 Å². The lowest BCUT2D eigenvalue weighted by atomic mass is 9.86. The van der Waals surface area contributed by atoms with Gasteiger partial charge in [0.1, 0.15) is 0 Å². The highest BCUT2D eigenvalue weighted by molar-refractivity contribution is 7.80. The molecule has 8 heteroatoms. The van der Waals surface area contributed by atoms with Gasteiger partial charge in [0, 0.05) is 55.7 Å². The topological polar surface area (TPSA) is 43.9 Å². The van der Waals surface area contributed by atoms with E-state index in [0.717, 1.165) is 66.5 Å². The van der Waals surface area contributed by atoms with Gasteiger partial charge >= 0.3 is 0 Å². The Balaban J connectivity index is 1.55. The highest BCUT2D eigenvalue weighted by Gasteiger charge is 2.41. The van der Waals surface area contributed by atoms with E-state index >= 15 is 0 Å². The lowest BCUT2D eigenvalue weighted by Crippen LogP contribution is -2.43. The molecule has 2 atom stereocenters. The average Bonchev–Trinajstić information content (AvgIpc) is 3.18. The molecule has 0 aliphatic carbocycles. The fourth-order valence-electron chi connectivity index (χ4n) is 5.47. The molecule has 35 heavy (non-hydrogen) atoms. The summed E-state index contributed by atoms with van der Waals surface area (Å²) < 4.78 is 5.53. The molecule has 0 bridgehead atoms. The number of nitrogens with one attached hydrogen (secondary N) is 1.